The van der Waals surface area contributed by atoms with Crippen LogP contribution in [0.3, 0.4) is 0 Å². The average molecular weight is 325 g/mol. The zero-order valence-electron chi connectivity index (χ0n) is 13.5. The number of hydrogen-bond donors (Lipinski definition) is 1. The Morgan fingerprint density at radius 3 is 2.21 bits per heavy atom. The molecule has 2 aromatic rings. The minimum atomic E-state index is -0.334. The zero-order chi connectivity index (χ0) is 17.4. The van der Waals surface area contributed by atoms with E-state index in [-0.39, 0.29) is 24.1 Å². The summed E-state index contributed by atoms with van der Waals surface area (Å²) in [6.07, 6.45) is 0.717. The summed E-state index contributed by atoms with van der Waals surface area (Å²) in [5.74, 6) is -0.848. The van der Waals surface area contributed by atoms with Crippen molar-refractivity contribution in [2.24, 2.45) is 0 Å². The summed E-state index contributed by atoms with van der Waals surface area (Å²) in [6, 6.07) is 15.5. The molecular weight excluding hydrogens is 306 g/mol. The largest absolute Gasteiger partial charge is 0.469 e. The fourth-order valence-corrected chi connectivity index (χ4v) is 2.26. The number of ketones is 1. The average Bonchev–Trinajstić information content (AvgIpc) is 2.64. The van der Waals surface area contributed by atoms with E-state index in [1.807, 2.05) is 6.07 Å². The van der Waals surface area contributed by atoms with Crippen LogP contribution in [0.4, 0.5) is 0 Å². The molecule has 24 heavy (non-hydrogen) atoms. The number of carbonyl (C=O) groups excluding carboxylic acids is 3. The molecule has 0 bridgehead atoms. The molecule has 0 unspecified atom stereocenters. The molecule has 124 valence electrons. The fraction of sp³-hybridized carbons (Fsp3) is 0.211. The Morgan fingerprint density at radius 2 is 1.54 bits per heavy atom. The molecule has 5 nitrogen and oxygen atoms in total. The Hall–Kier alpha value is -2.95. The van der Waals surface area contributed by atoms with Gasteiger partial charge in [-0.05, 0) is 12.5 Å². The summed E-state index contributed by atoms with van der Waals surface area (Å²) in [5, 5.41) is 2.73. The van der Waals surface area contributed by atoms with Crippen molar-refractivity contribution < 1.29 is 19.1 Å². The predicted molar refractivity (Wildman–Crippen MR) is 89.9 cm³/mol. The lowest BCUT2D eigenvalue weighted by Gasteiger charge is -2.09. The number of ether oxygens (including phenoxy) is 1. The smallest absolute Gasteiger partial charge is 0.305 e. The second-order valence-electron chi connectivity index (χ2n) is 5.18. The van der Waals surface area contributed by atoms with Gasteiger partial charge in [0.2, 0.25) is 0 Å². The summed E-state index contributed by atoms with van der Waals surface area (Å²) in [7, 11) is 1.33. The van der Waals surface area contributed by atoms with Gasteiger partial charge in [-0.3, -0.25) is 14.4 Å². The quantitative estimate of drug-likeness (QED) is 0.482. The molecule has 0 aliphatic rings. The lowest BCUT2D eigenvalue weighted by Crippen LogP contribution is -2.26. The van der Waals surface area contributed by atoms with E-state index in [4.69, 9.17) is 0 Å². The van der Waals surface area contributed by atoms with Crippen LogP contribution in [0.1, 0.15) is 39.1 Å². The van der Waals surface area contributed by atoms with Crippen LogP contribution in [-0.4, -0.2) is 31.3 Å². The number of carbonyl (C=O) groups is 3. The summed E-state index contributed by atoms with van der Waals surface area (Å²) in [4.78, 5) is 36.0. The monoisotopic (exact) mass is 325 g/mol. The predicted octanol–water partition coefficient (Wildman–Crippen LogP) is 2.60. The molecule has 0 radical (unpaired) electrons. The van der Waals surface area contributed by atoms with Gasteiger partial charge in [0.15, 0.2) is 5.78 Å². The van der Waals surface area contributed by atoms with Gasteiger partial charge in [-0.25, -0.2) is 0 Å². The second-order valence-corrected chi connectivity index (χ2v) is 5.18. The molecule has 0 atom stereocenters. The summed E-state index contributed by atoms with van der Waals surface area (Å²) in [6.45, 7) is 0.335. The van der Waals surface area contributed by atoms with Crippen molar-refractivity contribution in [3.63, 3.8) is 0 Å². The molecule has 0 saturated heterocycles. The molecule has 0 spiro atoms. The Bertz CT molecular complexity index is 725. The van der Waals surface area contributed by atoms with Crippen molar-refractivity contribution in [1.82, 2.24) is 5.32 Å². The standard InChI is InChI=1S/C19H19NO4/c1-24-17(21)12-7-13-20-19(23)16-11-6-5-10-15(16)18(22)14-8-3-2-4-9-14/h2-6,8-11H,7,12-13H2,1H3,(H,20,23). The molecule has 1 amide bonds. The fourth-order valence-electron chi connectivity index (χ4n) is 2.26. The Morgan fingerprint density at radius 1 is 0.917 bits per heavy atom. The molecule has 0 saturated carbocycles. The molecule has 0 aliphatic heterocycles. The lowest BCUT2D eigenvalue weighted by molar-refractivity contribution is -0.140. The first-order valence-corrected chi connectivity index (χ1v) is 7.67. The summed E-state index contributed by atoms with van der Waals surface area (Å²) < 4.78 is 4.55. The normalized spacial score (nSPS) is 10.0. The first-order valence-electron chi connectivity index (χ1n) is 7.67. The Balaban J connectivity index is 2.07. The molecule has 0 heterocycles. The number of nitrogens with one attached hydrogen (secondary N) is 1. The summed E-state index contributed by atoms with van der Waals surface area (Å²) >= 11 is 0. The maximum absolute atomic E-state index is 12.6. The third-order valence-electron chi connectivity index (χ3n) is 3.52. The van der Waals surface area contributed by atoms with Crippen LogP contribution in [0.2, 0.25) is 0 Å². The van der Waals surface area contributed by atoms with Crippen LogP contribution in [0, 0.1) is 0 Å². The van der Waals surface area contributed by atoms with Gasteiger partial charge in [0.05, 0.1) is 12.7 Å². The Labute approximate surface area is 140 Å². The minimum Gasteiger partial charge on any atom is -0.469 e. The van der Waals surface area contributed by atoms with Gasteiger partial charge in [0.25, 0.3) is 5.91 Å². The highest BCUT2D eigenvalue weighted by molar-refractivity contribution is 6.15. The van der Waals surface area contributed by atoms with Gasteiger partial charge in [-0.15, -0.1) is 0 Å². The third kappa shape index (κ3) is 4.52. The van der Waals surface area contributed by atoms with E-state index in [2.05, 4.69) is 10.1 Å². The van der Waals surface area contributed by atoms with Gasteiger partial charge in [0.1, 0.15) is 0 Å². The number of rotatable bonds is 7. The maximum Gasteiger partial charge on any atom is 0.305 e. The van der Waals surface area contributed by atoms with Crippen LogP contribution in [0.15, 0.2) is 54.6 Å². The van der Waals surface area contributed by atoms with Crippen molar-refractivity contribution in [3.8, 4) is 0 Å². The highest BCUT2D eigenvalue weighted by Crippen LogP contribution is 2.14. The van der Waals surface area contributed by atoms with Crippen LogP contribution in [0.25, 0.3) is 0 Å². The Kier molecular flexibility index (Phi) is 6.25. The van der Waals surface area contributed by atoms with E-state index < -0.39 is 0 Å². The second kappa shape index (κ2) is 8.62. The number of benzene rings is 2. The van der Waals surface area contributed by atoms with Crippen molar-refractivity contribution in [3.05, 3.63) is 71.3 Å². The lowest BCUT2D eigenvalue weighted by atomic mass is 9.98. The SMILES string of the molecule is COC(=O)CCCNC(=O)c1ccccc1C(=O)c1ccccc1. The van der Waals surface area contributed by atoms with Gasteiger partial charge in [-0.1, -0.05) is 48.5 Å². The van der Waals surface area contributed by atoms with Crippen LogP contribution in [-0.2, 0) is 9.53 Å². The molecule has 0 aliphatic carbocycles. The highest BCUT2D eigenvalue weighted by atomic mass is 16.5. The topological polar surface area (TPSA) is 72.5 Å². The molecule has 5 heteroatoms. The zero-order valence-corrected chi connectivity index (χ0v) is 13.5. The molecule has 2 aromatic carbocycles. The van der Waals surface area contributed by atoms with Gasteiger partial charge >= 0.3 is 5.97 Å². The number of esters is 1. The molecule has 1 N–H and O–H groups in total. The maximum atomic E-state index is 12.6. The van der Waals surface area contributed by atoms with E-state index in [1.54, 1.807) is 48.5 Å². The number of amides is 1. The van der Waals surface area contributed by atoms with Crippen LogP contribution >= 0.6 is 0 Å². The minimum absolute atomic E-state index is 0.198. The van der Waals surface area contributed by atoms with Gasteiger partial charge in [-0.2, -0.15) is 0 Å². The van der Waals surface area contributed by atoms with Crippen molar-refractivity contribution in [2.45, 2.75) is 12.8 Å². The molecule has 2 rings (SSSR count). The van der Waals surface area contributed by atoms with Crippen molar-refractivity contribution in [1.29, 1.82) is 0 Å². The first-order chi connectivity index (χ1) is 11.6. The molecule has 0 fully saturated rings. The molecular formula is C19H19NO4. The summed E-state index contributed by atoms with van der Waals surface area (Å²) in [5.41, 5.74) is 1.21. The first kappa shape index (κ1) is 17.4. The highest BCUT2D eigenvalue weighted by Gasteiger charge is 2.17. The van der Waals surface area contributed by atoms with E-state index in [0.717, 1.165) is 0 Å². The van der Waals surface area contributed by atoms with Crippen molar-refractivity contribution in [2.75, 3.05) is 13.7 Å². The third-order valence-corrected chi connectivity index (χ3v) is 3.52. The van der Waals surface area contributed by atoms with Crippen LogP contribution < -0.4 is 5.32 Å². The molecule has 0 aromatic heterocycles. The number of methoxy groups -OCH3 is 1. The van der Waals surface area contributed by atoms with Crippen molar-refractivity contribution >= 4 is 17.7 Å². The van der Waals surface area contributed by atoms with E-state index in [1.165, 1.54) is 7.11 Å². The van der Waals surface area contributed by atoms with Crippen LogP contribution in [0.5, 0.6) is 0 Å². The van der Waals surface area contributed by atoms with Gasteiger partial charge in [0, 0.05) is 24.1 Å². The van der Waals surface area contributed by atoms with E-state index in [9.17, 15) is 14.4 Å². The number of hydrogen-bond acceptors (Lipinski definition) is 4. The van der Waals surface area contributed by atoms with E-state index >= 15 is 0 Å². The van der Waals surface area contributed by atoms with Gasteiger partial charge < -0.3 is 10.1 Å². The van der Waals surface area contributed by atoms with E-state index in [0.29, 0.717) is 29.7 Å².